The number of alkyl halides is 2. The highest BCUT2D eigenvalue weighted by atomic mass is 19.3. The predicted octanol–water partition coefficient (Wildman–Crippen LogP) is 0.504. The summed E-state index contributed by atoms with van der Waals surface area (Å²) in [6.07, 6.45) is -2.07. The van der Waals surface area contributed by atoms with E-state index >= 15 is 0 Å². The second kappa shape index (κ2) is 7.51. The van der Waals surface area contributed by atoms with Crippen LogP contribution in [0.4, 0.5) is 8.78 Å². The van der Waals surface area contributed by atoms with Gasteiger partial charge < -0.3 is 5.73 Å². The van der Waals surface area contributed by atoms with Crippen LogP contribution in [0.5, 0.6) is 0 Å². The van der Waals surface area contributed by atoms with Gasteiger partial charge in [-0.1, -0.05) is 6.07 Å². The molecule has 4 amide bonds. The van der Waals surface area contributed by atoms with Crippen LogP contribution in [0.3, 0.4) is 0 Å². The Morgan fingerprint density at radius 2 is 1.90 bits per heavy atom. The number of hydrogen-bond donors (Lipinski definition) is 2. The summed E-state index contributed by atoms with van der Waals surface area (Å²) in [6.45, 7) is 0.877. The summed E-state index contributed by atoms with van der Waals surface area (Å²) in [7, 11) is 0. The van der Waals surface area contributed by atoms with Crippen molar-refractivity contribution in [1.29, 1.82) is 0 Å². The Morgan fingerprint density at radius 3 is 2.53 bits per heavy atom. The van der Waals surface area contributed by atoms with Gasteiger partial charge in [0, 0.05) is 26.1 Å². The van der Waals surface area contributed by atoms with Crippen LogP contribution in [0, 0.1) is 5.41 Å². The van der Waals surface area contributed by atoms with Gasteiger partial charge in [-0.25, -0.2) is 8.78 Å². The minimum atomic E-state index is -2.51. The fourth-order valence-corrected chi connectivity index (χ4v) is 4.43. The molecule has 2 atom stereocenters. The first-order valence-corrected chi connectivity index (χ1v) is 9.81. The fourth-order valence-electron chi connectivity index (χ4n) is 4.43. The van der Waals surface area contributed by atoms with Crippen molar-refractivity contribution in [3.8, 4) is 0 Å². The zero-order valence-electron chi connectivity index (χ0n) is 16.2. The van der Waals surface area contributed by atoms with E-state index in [1.54, 1.807) is 12.1 Å². The van der Waals surface area contributed by atoms with Crippen molar-refractivity contribution in [2.75, 3.05) is 19.6 Å². The number of halogens is 2. The average Bonchev–Trinajstić information content (AvgIpc) is 3.23. The quantitative estimate of drug-likeness (QED) is 0.671. The lowest BCUT2D eigenvalue weighted by molar-refractivity contribution is -0.136. The maximum atomic E-state index is 13.4. The molecule has 0 spiro atoms. The Bertz CT molecular complexity index is 937. The van der Waals surface area contributed by atoms with Crippen LogP contribution in [0.25, 0.3) is 0 Å². The molecule has 2 fully saturated rings. The summed E-state index contributed by atoms with van der Waals surface area (Å²) in [4.78, 5) is 51.8. The normalized spacial score (nSPS) is 27.2. The van der Waals surface area contributed by atoms with E-state index in [-0.39, 0.29) is 37.1 Å². The van der Waals surface area contributed by atoms with Crippen LogP contribution in [-0.2, 0) is 16.1 Å². The number of carbonyl (C=O) groups is 4. The average molecular weight is 420 g/mol. The molecule has 0 saturated carbocycles. The van der Waals surface area contributed by atoms with E-state index in [9.17, 15) is 28.0 Å². The van der Waals surface area contributed by atoms with E-state index < -0.39 is 41.5 Å². The van der Waals surface area contributed by atoms with Crippen LogP contribution >= 0.6 is 0 Å². The molecule has 10 heteroatoms. The van der Waals surface area contributed by atoms with Gasteiger partial charge in [-0.15, -0.1) is 0 Å². The monoisotopic (exact) mass is 420 g/mol. The van der Waals surface area contributed by atoms with E-state index in [2.05, 4.69) is 5.32 Å². The maximum Gasteiger partial charge on any atom is 0.262 e. The van der Waals surface area contributed by atoms with Gasteiger partial charge in [0.1, 0.15) is 6.04 Å². The van der Waals surface area contributed by atoms with Crippen LogP contribution < -0.4 is 11.1 Å². The molecule has 0 bridgehead atoms. The molecule has 1 aromatic rings. The molecule has 1 aromatic carbocycles. The molecule has 0 aromatic heterocycles. The number of nitrogens with one attached hydrogen (secondary N) is 1. The molecule has 3 aliphatic heterocycles. The van der Waals surface area contributed by atoms with Crippen LogP contribution in [0.1, 0.15) is 45.5 Å². The van der Waals surface area contributed by atoms with Crippen molar-refractivity contribution < 1.29 is 28.0 Å². The molecule has 3 N–H and O–H groups in total. The first kappa shape index (κ1) is 20.5. The summed E-state index contributed by atoms with van der Waals surface area (Å²) in [5.74, 6) is -2.25. The van der Waals surface area contributed by atoms with E-state index in [0.717, 1.165) is 4.90 Å². The smallest absolute Gasteiger partial charge is 0.262 e. The second-order valence-corrected chi connectivity index (χ2v) is 8.15. The summed E-state index contributed by atoms with van der Waals surface area (Å²) < 4.78 is 26.8. The number of amides is 4. The highest BCUT2D eigenvalue weighted by Crippen LogP contribution is 2.36. The van der Waals surface area contributed by atoms with E-state index in [0.29, 0.717) is 25.1 Å². The Labute approximate surface area is 171 Å². The van der Waals surface area contributed by atoms with Crippen molar-refractivity contribution in [2.24, 2.45) is 11.1 Å². The Morgan fingerprint density at radius 1 is 1.17 bits per heavy atom. The van der Waals surface area contributed by atoms with Crippen molar-refractivity contribution in [1.82, 2.24) is 15.1 Å². The number of rotatable bonds is 5. The van der Waals surface area contributed by atoms with Crippen LogP contribution in [-0.4, -0.2) is 65.5 Å². The SMILES string of the molecule is NCC1(C(F)F)CCN(Cc2ccc3c(c2)C(=O)N(C2CCC(=O)NC2=O)C3=O)C1. The molecule has 8 nitrogen and oxygen atoms in total. The molecule has 3 heterocycles. The van der Waals surface area contributed by atoms with Crippen molar-refractivity contribution in [2.45, 2.75) is 38.3 Å². The number of nitrogens with zero attached hydrogens (tertiary/aromatic N) is 2. The lowest BCUT2D eigenvalue weighted by Crippen LogP contribution is -2.54. The van der Waals surface area contributed by atoms with Crippen LogP contribution in [0.2, 0.25) is 0 Å². The molecular weight excluding hydrogens is 398 g/mol. The molecule has 0 radical (unpaired) electrons. The lowest BCUT2D eigenvalue weighted by atomic mass is 9.88. The lowest BCUT2D eigenvalue weighted by Gasteiger charge is -2.27. The van der Waals surface area contributed by atoms with Crippen molar-refractivity contribution in [3.05, 3.63) is 34.9 Å². The number of imide groups is 2. The summed E-state index contributed by atoms with van der Waals surface area (Å²) >= 11 is 0. The molecule has 3 aliphatic rings. The fraction of sp³-hybridized carbons (Fsp3) is 0.500. The van der Waals surface area contributed by atoms with Gasteiger partial charge in [0.15, 0.2) is 0 Å². The molecule has 2 unspecified atom stereocenters. The van der Waals surface area contributed by atoms with Gasteiger partial charge in [-0.05, 0) is 37.1 Å². The third kappa shape index (κ3) is 3.29. The Hall–Kier alpha value is -2.72. The highest BCUT2D eigenvalue weighted by molar-refractivity contribution is 6.23. The van der Waals surface area contributed by atoms with Gasteiger partial charge in [-0.3, -0.25) is 34.3 Å². The highest BCUT2D eigenvalue weighted by Gasteiger charge is 2.46. The van der Waals surface area contributed by atoms with Crippen LogP contribution in [0.15, 0.2) is 18.2 Å². The minimum absolute atomic E-state index is 0.0526. The van der Waals surface area contributed by atoms with Crippen molar-refractivity contribution in [3.63, 3.8) is 0 Å². The number of benzene rings is 1. The largest absolute Gasteiger partial charge is 0.330 e. The van der Waals surface area contributed by atoms with Gasteiger partial charge in [-0.2, -0.15) is 0 Å². The molecular formula is C20H22F2N4O4. The first-order valence-electron chi connectivity index (χ1n) is 9.81. The summed E-state index contributed by atoms with van der Waals surface area (Å²) in [5, 5.41) is 2.15. The molecule has 4 rings (SSSR count). The number of nitrogens with two attached hydrogens (primary N) is 1. The summed E-state index contributed by atoms with van der Waals surface area (Å²) in [6, 6.07) is 3.76. The van der Waals surface area contributed by atoms with Gasteiger partial charge in [0.05, 0.1) is 16.5 Å². The second-order valence-electron chi connectivity index (χ2n) is 8.15. The van der Waals surface area contributed by atoms with Gasteiger partial charge in [0.25, 0.3) is 11.8 Å². The van der Waals surface area contributed by atoms with Gasteiger partial charge in [0.2, 0.25) is 18.2 Å². The topological polar surface area (TPSA) is 113 Å². The molecule has 30 heavy (non-hydrogen) atoms. The number of hydrogen-bond acceptors (Lipinski definition) is 6. The van der Waals surface area contributed by atoms with Gasteiger partial charge >= 0.3 is 0 Å². The predicted molar refractivity (Wildman–Crippen MR) is 100 cm³/mol. The zero-order chi connectivity index (χ0) is 21.6. The van der Waals surface area contributed by atoms with E-state index in [1.165, 1.54) is 6.07 Å². The van der Waals surface area contributed by atoms with Crippen molar-refractivity contribution >= 4 is 23.6 Å². The third-order valence-corrected chi connectivity index (χ3v) is 6.24. The van der Waals surface area contributed by atoms with E-state index in [1.807, 2.05) is 4.90 Å². The molecule has 2 saturated heterocycles. The first-order chi connectivity index (χ1) is 14.3. The standard InChI is InChI=1S/C20H22F2N4O4/c21-19(22)20(9-23)5-6-25(10-20)8-11-1-2-12-13(7-11)18(30)26(17(12)29)14-3-4-15(27)24-16(14)28/h1-2,7,14,19H,3-6,8-10,23H2,(H,24,27,28). The molecule has 160 valence electrons. The summed E-state index contributed by atoms with van der Waals surface area (Å²) in [5.41, 5.74) is 5.46. The number of likely N-dealkylation sites (tertiary alicyclic amines) is 1. The Balaban J connectivity index is 1.51. The number of fused-ring (bicyclic) bond motifs is 1. The number of carbonyl (C=O) groups excluding carboxylic acids is 4. The Kier molecular flexibility index (Phi) is 5.15. The maximum absolute atomic E-state index is 13.4. The molecule has 0 aliphatic carbocycles. The zero-order valence-corrected chi connectivity index (χ0v) is 16.2. The van der Waals surface area contributed by atoms with E-state index in [4.69, 9.17) is 5.73 Å². The number of piperidine rings is 1. The third-order valence-electron chi connectivity index (χ3n) is 6.24. The minimum Gasteiger partial charge on any atom is -0.330 e.